The first-order chi connectivity index (χ1) is 7.00. The minimum absolute atomic E-state index is 0.331. The Hall–Kier alpha value is -0.610. The Balaban J connectivity index is 2.63. The van der Waals surface area contributed by atoms with Gasteiger partial charge in [0.2, 0.25) is 5.88 Å². The first-order valence-corrected chi connectivity index (χ1v) is 5.74. The number of hydrogen-bond acceptors (Lipinski definition) is 3. The maximum atomic E-state index is 9.08. The molecule has 1 rings (SSSR count). The van der Waals surface area contributed by atoms with Crippen LogP contribution in [-0.4, -0.2) is 22.8 Å². The number of hydrogen-bond donors (Lipinski definition) is 1. The smallest absolute Gasteiger partial charge is 0.213 e. The zero-order chi connectivity index (χ0) is 11.4. The van der Waals surface area contributed by atoms with Crippen molar-refractivity contribution >= 4 is 15.9 Å². The number of ether oxygens (including phenoxy) is 1. The molecule has 0 aliphatic rings. The summed E-state index contributed by atoms with van der Waals surface area (Å²) in [5, 5.41) is 9.08. The highest BCUT2D eigenvalue weighted by Crippen LogP contribution is 2.23. The summed E-state index contributed by atoms with van der Waals surface area (Å²) in [6.45, 7) is 6.17. The largest absolute Gasteiger partial charge is 0.478 e. The van der Waals surface area contributed by atoms with Crippen molar-refractivity contribution in [3.05, 3.63) is 21.8 Å². The fourth-order valence-corrected chi connectivity index (χ4v) is 1.39. The molecule has 0 amide bonds. The van der Waals surface area contributed by atoms with Gasteiger partial charge >= 0.3 is 0 Å². The average Bonchev–Trinajstić information content (AvgIpc) is 2.13. The Morgan fingerprint density at radius 3 is 2.73 bits per heavy atom. The Bertz CT molecular complexity index is 316. The van der Waals surface area contributed by atoms with E-state index in [1.54, 1.807) is 6.92 Å². The minimum atomic E-state index is -0.331. The van der Waals surface area contributed by atoms with Gasteiger partial charge in [0.1, 0.15) is 0 Å². The van der Waals surface area contributed by atoms with Crippen molar-refractivity contribution in [2.75, 3.05) is 6.61 Å². The molecule has 1 aromatic rings. The number of aliphatic hydroxyl groups excluding tert-OH is 1. The van der Waals surface area contributed by atoms with Gasteiger partial charge in [-0.25, -0.2) is 4.98 Å². The molecule has 0 unspecified atom stereocenters. The Morgan fingerprint density at radius 2 is 2.20 bits per heavy atom. The second-order valence-electron chi connectivity index (χ2n) is 3.66. The third kappa shape index (κ3) is 3.80. The molecule has 1 aromatic heterocycles. The van der Waals surface area contributed by atoms with E-state index in [9.17, 15) is 0 Å². The number of aliphatic hydroxyl groups is 1. The fourth-order valence-electron chi connectivity index (χ4n) is 1.19. The van der Waals surface area contributed by atoms with Crippen LogP contribution in [0.15, 0.2) is 10.5 Å². The second-order valence-corrected chi connectivity index (χ2v) is 4.46. The minimum Gasteiger partial charge on any atom is -0.478 e. The van der Waals surface area contributed by atoms with E-state index in [-0.39, 0.29) is 6.10 Å². The number of aromatic nitrogens is 1. The molecular weight excluding hydrogens is 258 g/mol. The van der Waals surface area contributed by atoms with Crippen LogP contribution in [0, 0.1) is 13.8 Å². The molecular formula is C11H16BrNO2. The summed E-state index contributed by atoms with van der Waals surface area (Å²) in [6, 6.07) is 1.89. The lowest BCUT2D eigenvalue weighted by Gasteiger charge is -2.09. The third-order valence-electron chi connectivity index (χ3n) is 2.07. The van der Waals surface area contributed by atoms with Gasteiger partial charge in [0.05, 0.1) is 18.4 Å². The van der Waals surface area contributed by atoms with Crippen LogP contribution in [0.2, 0.25) is 0 Å². The summed E-state index contributed by atoms with van der Waals surface area (Å²) < 4.78 is 6.46. The maximum absolute atomic E-state index is 9.08. The van der Waals surface area contributed by atoms with Gasteiger partial charge in [0.25, 0.3) is 0 Å². The van der Waals surface area contributed by atoms with Gasteiger partial charge in [-0.1, -0.05) is 0 Å². The standard InChI is InChI=1S/C11H16BrNO2/c1-7-6-10(13-9(3)11(7)12)15-5-4-8(2)14/h6,8,14H,4-5H2,1-3H3/t8-/m0/s1. The monoisotopic (exact) mass is 273 g/mol. The molecule has 0 spiro atoms. The summed E-state index contributed by atoms with van der Waals surface area (Å²) in [4.78, 5) is 4.28. The highest BCUT2D eigenvalue weighted by Gasteiger charge is 2.05. The van der Waals surface area contributed by atoms with Gasteiger partial charge in [-0.2, -0.15) is 0 Å². The van der Waals surface area contributed by atoms with Crippen molar-refractivity contribution in [1.29, 1.82) is 0 Å². The second kappa shape index (κ2) is 5.47. The Kier molecular flexibility index (Phi) is 4.54. The number of aryl methyl sites for hydroxylation is 2. The Labute approximate surface area is 98.6 Å². The predicted octanol–water partition coefficient (Wildman–Crippen LogP) is 2.61. The van der Waals surface area contributed by atoms with Gasteiger partial charge < -0.3 is 9.84 Å². The third-order valence-corrected chi connectivity index (χ3v) is 3.27. The molecule has 4 heteroatoms. The van der Waals surface area contributed by atoms with Crippen LogP contribution in [0.4, 0.5) is 0 Å². The van der Waals surface area contributed by atoms with Gasteiger partial charge in [0.15, 0.2) is 0 Å². The molecule has 84 valence electrons. The van der Waals surface area contributed by atoms with E-state index in [4.69, 9.17) is 9.84 Å². The number of pyridine rings is 1. The summed E-state index contributed by atoms with van der Waals surface area (Å²) in [5.74, 6) is 0.619. The van der Waals surface area contributed by atoms with Crippen LogP contribution >= 0.6 is 15.9 Å². The zero-order valence-corrected chi connectivity index (χ0v) is 10.8. The average molecular weight is 274 g/mol. The quantitative estimate of drug-likeness (QED) is 0.917. The molecule has 1 N–H and O–H groups in total. The maximum Gasteiger partial charge on any atom is 0.213 e. The van der Waals surface area contributed by atoms with E-state index in [1.165, 1.54) is 0 Å². The van der Waals surface area contributed by atoms with Crippen molar-refractivity contribution in [2.45, 2.75) is 33.3 Å². The fraction of sp³-hybridized carbons (Fsp3) is 0.545. The molecule has 0 saturated heterocycles. The molecule has 0 aliphatic carbocycles. The van der Waals surface area contributed by atoms with Crippen molar-refractivity contribution in [1.82, 2.24) is 4.98 Å². The molecule has 3 nitrogen and oxygen atoms in total. The zero-order valence-electron chi connectivity index (χ0n) is 9.25. The van der Waals surface area contributed by atoms with Crippen LogP contribution in [-0.2, 0) is 0 Å². The topological polar surface area (TPSA) is 42.4 Å². The first kappa shape index (κ1) is 12.5. The predicted molar refractivity (Wildman–Crippen MR) is 63.2 cm³/mol. The first-order valence-electron chi connectivity index (χ1n) is 4.95. The summed E-state index contributed by atoms with van der Waals surface area (Å²) in [5.41, 5.74) is 2.02. The highest BCUT2D eigenvalue weighted by atomic mass is 79.9. The highest BCUT2D eigenvalue weighted by molar-refractivity contribution is 9.10. The van der Waals surface area contributed by atoms with E-state index >= 15 is 0 Å². The lowest BCUT2D eigenvalue weighted by atomic mass is 10.2. The molecule has 0 aromatic carbocycles. The number of rotatable bonds is 4. The Morgan fingerprint density at radius 1 is 1.53 bits per heavy atom. The van der Waals surface area contributed by atoms with Gasteiger partial charge in [-0.05, 0) is 42.3 Å². The van der Waals surface area contributed by atoms with E-state index in [1.807, 2.05) is 19.9 Å². The summed E-state index contributed by atoms with van der Waals surface area (Å²) in [6.07, 6.45) is 0.290. The summed E-state index contributed by atoms with van der Waals surface area (Å²) in [7, 11) is 0. The SMILES string of the molecule is Cc1cc(OCC[C@H](C)O)nc(C)c1Br. The van der Waals surface area contributed by atoms with Crippen LogP contribution in [0.5, 0.6) is 5.88 Å². The van der Waals surface area contributed by atoms with Crippen LogP contribution in [0.25, 0.3) is 0 Å². The van der Waals surface area contributed by atoms with E-state index in [0.29, 0.717) is 18.9 Å². The molecule has 1 atom stereocenters. The molecule has 0 saturated carbocycles. The molecule has 0 fully saturated rings. The van der Waals surface area contributed by atoms with Gasteiger partial charge in [-0.3, -0.25) is 0 Å². The van der Waals surface area contributed by atoms with E-state index in [0.717, 1.165) is 15.7 Å². The van der Waals surface area contributed by atoms with Crippen molar-refractivity contribution in [3.63, 3.8) is 0 Å². The van der Waals surface area contributed by atoms with E-state index < -0.39 is 0 Å². The number of nitrogens with zero attached hydrogens (tertiary/aromatic N) is 1. The van der Waals surface area contributed by atoms with Crippen molar-refractivity contribution in [3.8, 4) is 5.88 Å². The normalized spacial score (nSPS) is 12.6. The molecule has 0 radical (unpaired) electrons. The lowest BCUT2D eigenvalue weighted by Crippen LogP contribution is -2.08. The molecule has 0 bridgehead atoms. The van der Waals surface area contributed by atoms with Crippen LogP contribution < -0.4 is 4.74 Å². The van der Waals surface area contributed by atoms with Crippen molar-refractivity contribution in [2.24, 2.45) is 0 Å². The summed E-state index contributed by atoms with van der Waals surface area (Å²) >= 11 is 3.45. The van der Waals surface area contributed by atoms with Gasteiger partial charge in [-0.15, -0.1) is 0 Å². The molecule has 15 heavy (non-hydrogen) atoms. The number of halogens is 1. The molecule has 1 heterocycles. The van der Waals surface area contributed by atoms with Crippen LogP contribution in [0.1, 0.15) is 24.6 Å². The van der Waals surface area contributed by atoms with Crippen LogP contribution in [0.3, 0.4) is 0 Å². The van der Waals surface area contributed by atoms with Gasteiger partial charge in [0, 0.05) is 17.0 Å². The molecule has 0 aliphatic heterocycles. The lowest BCUT2D eigenvalue weighted by molar-refractivity contribution is 0.154. The van der Waals surface area contributed by atoms with Crippen molar-refractivity contribution < 1.29 is 9.84 Å². The van der Waals surface area contributed by atoms with E-state index in [2.05, 4.69) is 20.9 Å².